The summed E-state index contributed by atoms with van der Waals surface area (Å²) in [6, 6.07) is 5.52. The lowest BCUT2D eigenvalue weighted by atomic mass is 10.2. The number of benzene rings is 1. The number of nitrogen functional groups attached to an aromatic ring is 1. The summed E-state index contributed by atoms with van der Waals surface area (Å²) in [4.78, 5) is 18.8. The zero-order chi connectivity index (χ0) is 16.6. The fourth-order valence-electron chi connectivity index (χ4n) is 1.88. The summed E-state index contributed by atoms with van der Waals surface area (Å²) in [6.45, 7) is 0. The fraction of sp³-hybridized carbons (Fsp3) is 0.0714. The molecular formula is C14H9ClFN3O4. The third-order valence-electron chi connectivity index (χ3n) is 2.97. The van der Waals surface area contributed by atoms with Crippen molar-refractivity contribution in [2.75, 3.05) is 5.73 Å². The molecule has 3 rings (SSSR count). The summed E-state index contributed by atoms with van der Waals surface area (Å²) in [6.07, 6.45) is 0.405. The van der Waals surface area contributed by atoms with Gasteiger partial charge in [-0.3, -0.25) is 0 Å². The Morgan fingerprint density at radius 1 is 1.30 bits per heavy atom. The van der Waals surface area contributed by atoms with Crippen molar-refractivity contribution in [3.05, 3.63) is 58.4 Å². The predicted molar refractivity (Wildman–Crippen MR) is 77.7 cm³/mol. The van der Waals surface area contributed by atoms with Crippen LogP contribution in [0.2, 0.25) is 5.02 Å². The van der Waals surface area contributed by atoms with E-state index in [1.165, 1.54) is 30.5 Å². The van der Waals surface area contributed by atoms with Gasteiger partial charge in [0.15, 0.2) is 5.69 Å². The van der Waals surface area contributed by atoms with E-state index in [0.29, 0.717) is 5.56 Å². The lowest BCUT2D eigenvalue weighted by molar-refractivity contribution is -0.0175. The minimum atomic E-state index is -1.35. The highest BCUT2D eigenvalue weighted by Gasteiger charge is 2.26. The molecule has 0 aliphatic carbocycles. The number of carboxylic acids is 1. The number of aromatic nitrogens is 2. The molecule has 1 unspecified atom stereocenters. The first-order chi connectivity index (χ1) is 11.0. The minimum absolute atomic E-state index is 0.0751. The Balaban J connectivity index is 1.87. The zero-order valence-corrected chi connectivity index (χ0v) is 12.1. The van der Waals surface area contributed by atoms with Gasteiger partial charge in [-0.05, 0) is 24.3 Å². The lowest BCUT2D eigenvalue weighted by Gasteiger charge is -2.12. The number of aromatic carboxylic acids is 1. The van der Waals surface area contributed by atoms with Gasteiger partial charge >= 0.3 is 5.97 Å². The van der Waals surface area contributed by atoms with Gasteiger partial charge in [0.1, 0.15) is 22.9 Å². The highest BCUT2D eigenvalue weighted by Crippen LogP contribution is 2.33. The van der Waals surface area contributed by atoms with Crippen molar-refractivity contribution < 1.29 is 23.8 Å². The number of halogens is 2. The van der Waals surface area contributed by atoms with Crippen LogP contribution in [-0.2, 0) is 9.47 Å². The number of carbonyl (C=O) groups is 1. The third kappa shape index (κ3) is 2.88. The van der Waals surface area contributed by atoms with E-state index in [9.17, 15) is 9.18 Å². The molecule has 0 bridgehead atoms. The Labute approximate surface area is 134 Å². The number of carboxylic acid groups (broad SMARTS) is 1. The highest BCUT2D eigenvalue weighted by molar-refractivity contribution is 6.35. The van der Waals surface area contributed by atoms with Gasteiger partial charge in [0.05, 0.1) is 0 Å². The first-order valence-corrected chi connectivity index (χ1v) is 6.68. The van der Waals surface area contributed by atoms with E-state index < -0.39 is 18.0 Å². The van der Waals surface area contributed by atoms with Crippen molar-refractivity contribution in [2.24, 2.45) is 0 Å². The standard InChI is InChI=1S/C14H9ClFN3O4/c15-9-10(13(20)21)18-12(19-11(9)17)8-5-22-14(23-8)6-1-3-7(16)4-2-6/h1-5,14H,(H,20,21)(H2,17,18,19). The SMILES string of the molecule is Nc1nc(C2=COC(c3ccc(F)cc3)O2)nc(C(=O)O)c1Cl. The smallest absolute Gasteiger partial charge is 0.356 e. The molecular weight excluding hydrogens is 329 g/mol. The second-order valence-electron chi connectivity index (χ2n) is 4.52. The molecule has 0 saturated carbocycles. The Kier molecular flexibility index (Phi) is 3.75. The molecule has 3 N–H and O–H groups in total. The Morgan fingerprint density at radius 3 is 2.65 bits per heavy atom. The van der Waals surface area contributed by atoms with E-state index in [1.54, 1.807) is 0 Å². The van der Waals surface area contributed by atoms with Gasteiger partial charge in [0.2, 0.25) is 11.6 Å². The summed E-state index contributed by atoms with van der Waals surface area (Å²) < 4.78 is 23.7. The van der Waals surface area contributed by atoms with Crippen molar-refractivity contribution >= 4 is 29.1 Å². The van der Waals surface area contributed by atoms with E-state index in [0.717, 1.165) is 0 Å². The van der Waals surface area contributed by atoms with Crippen LogP contribution in [0.1, 0.15) is 28.2 Å². The minimum Gasteiger partial charge on any atom is -0.476 e. The van der Waals surface area contributed by atoms with E-state index in [4.69, 9.17) is 31.9 Å². The number of hydrogen-bond acceptors (Lipinski definition) is 6. The Bertz CT molecular complexity index is 810. The normalized spacial score (nSPS) is 16.4. The molecule has 1 aromatic heterocycles. The maximum Gasteiger partial charge on any atom is 0.356 e. The van der Waals surface area contributed by atoms with Gasteiger partial charge in [-0.25, -0.2) is 19.2 Å². The van der Waals surface area contributed by atoms with Crippen molar-refractivity contribution in [1.82, 2.24) is 9.97 Å². The van der Waals surface area contributed by atoms with Crippen molar-refractivity contribution in [3.8, 4) is 0 Å². The average molecular weight is 338 g/mol. The van der Waals surface area contributed by atoms with E-state index in [-0.39, 0.29) is 28.2 Å². The third-order valence-corrected chi connectivity index (χ3v) is 3.35. The van der Waals surface area contributed by atoms with Gasteiger partial charge < -0.3 is 20.3 Å². The number of anilines is 1. The molecule has 23 heavy (non-hydrogen) atoms. The molecule has 1 aliphatic rings. The molecule has 0 amide bonds. The summed E-state index contributed by atoms with van der Waals surface area (Å²) in [5, 5.41) is 8.80. The van der Waals surface area contributed by atoms with Gasteiger partial charge in [0, 0.05) is 5.56 Å². The molecule has 7 nitrogen and oxygen atoms in total. The first-order valence-electron chi connectivity index (χ1n) is 6.30. The molecule has 9 heteroatoms. The summed E-state index contributed by atoms with van der Waals surface area (Å²) >= 11 is 5.75. The number of ether oxygens (including phenoxy) is 2. The number of nitrogens with two attached hydrogens (primary N) is 1. The second-order valence-corrected chi connectivity index (χ2v) is 4.90. The number of rotatable bonds is 3. The molecule has 0 radical (unpaired) electrons. The molecule has 0 saturated heterocycles. The Hall–Kier alpha value is -2.87. The van der Waals surface area contributed by atoms with Crippen LogP contribution in [0.3, 0.4) is 0 Å². The topological polar surface area (TPSA) is 108 Å². The van der Waals surface area contributed by atoms with Crippen molar-refractivity contribution in [2.45, 2.75) is 6.29 Å². The molecule has 2 aromatic rings. The van der Waals surface area contributed by atoms with Gasteiger partial charge in [-0.15, -0.1) is 0 Å². The van der Waals surface area contributed by atoms with Crippen LogP contribution in [0.5, 0.6) is 0 Å². The molecule has 1 atom stereocenters. The quantitative estimate of drug-likeness (QED) is 0.886. The van der Waals surface area contributed by atoms with Crippen LogP contribution >= 0.6 is 11.6 Å². The summed E-state index contributed by atoms with van der Waals surface area (Å²) in [5.41, 5.74) is 5.70. The zero-order valence-electron chi connectivity index (χ0n) is 11.4. The molecule has 0 fully saturated rings. The van der Waals surface area contributed by atoms with E-state index in [1.807, 2.05) is 0 Å². The number of nitrogens with zero attached hydrogens (tertiary/aromatic N) is 2. The van der Waals surface area contributed by atoms with Crippen LogP contribution in [0.15, 0.2) is 30.5 Å². The maximum absolute atomic E-state index is 12.9. The van der Waals surface area contributed by atoms with Crippen LogP contribution in [0, 0.1) is 5.82 Å². The van der Waals surface area contributed by atoms with Crippen LogP contribution in [0.4, 0.5) is 10.2 Å². The monoisotopic (exact) mass is 337 g/mol. The van der Waals surface area contributed by atoms with Gasteiger partial charge in [-0.1, -0.05) is 11.6 Å². The van der Waals surface area contributed by atoms with Crippen LogP contribution in [-0.4, -0.2) is 21.0 Å². The number of hydrogen-bond donors (Lipinski definition) is 2. The van der Waals surface area contributed by atoms with Crippen molar-refractivity contribution in [3.63, 3.8) is 0 Å². The van der Waals surface area contributed by atoms with Gasteiger partial charge in [-0.2, -0.15) is 0 Å². The van der Waals surface area contributed by atoms with E-state index in [2.05, 4.69) is 9.97 Å². The largest absolute Gasteiger partial charge is 0.476 e. The van der Waals surface area contributed by atoms with E-state index >= 15 is 0 Å². The fourth-order valence-corrected chi connectivity index (χ4v) is 2.05. The molecule has 1 aliphatic heterocycles. The first kappa shape index (κ1) is 15.0. The van der Waals surface area contributed by atoms with Crippen molar-refractivity contribution in [1.29, 1.82) is 0 Å². The molecule has 1 aromatic carbocycles. The predicted octanol–water partition coefficient (Wildman–Crippen LogP) is 2.59. The van der Waals surface area contributed by atoms with Gasteiger partial charge in [0.25, 0.3) is 6.29 Å². The highest BCUT2D eigenvalue weighted by atomic mass is 35.5. The molecule has 2 heterocycles. The van der Waals surface area contributed by atoms with Crippen LogP contribution < -0.4 is 5.73 Å². The average Bonchev–Trinajstić information content (AvgIpc) is 3.00. The lowest BCUT2D eigenvalue weighted by Crippen LogP contribution is -2.10. The van der Waals surface area contributed by atoms with Crippen LogP contribution in [0.25, 0.3) is 5.76 Å². The summed E-state index contributed by atoms with van der Waals surface area (Å²) in [7, 11) is 0. The molecule has 118 valence electrons. The molecule has 0 spiro atoms. The Morgan fingerprint density at radius 2 is 2.00 bits per heavy atom. The second kappa shape index (κ2) is 5.73. The maximum atomic E-state index is 12.9. The summed E-state index contributed by atoms with van der Waals surface area (Å²) in [5.74, 6) is -1.91.